The van der Waals surface area contributed by atoms with Gasteiger partial charge in [-0.3, -0.25) is 19.2 Å². The predicted molar refractivity (Wildman–Crippen MR) is 118 cm³/mol. The summed E-state index contributed by atoms with van der Waals surface area (Å²) in [6.07, 6.45) is 0.417. The monoisotopic (exact) mass is 432 g/mol. The number of benzene rings is 2. The molecule has 0 saturated heterocycles. The van der Waals surface area contributed by atoms with E-state index in [-0.39, 0.29) is 64.7 Å². The first-order chi connectivity index (χ1) is 15.2. The normalized spacial score (nSPS) is 21.9. The van der Waals surface area contributed by atoms with Crippen LogP contribution in [0.3, 0.4) is 0 Å². The Morgan fingerprint density at radius 3 is 1.59 bits per heavy atom. The highest BCUT2D eigenvalue weighted by Gasteiger charge is 2.34. The summed E-state index contributed by atoms with van der Waals surface area (Å²) >= 11 is 0. The van der Waals surface area contributed by atoms with Crippen molar-refractivity contribution in [1.82, 2.24) is 0 Å². The maximum atomic E-state index is 12.9. The summed E-state index contributed by atoms with van der Waals surface area (Å²) in [5, 5.41) is 21.9. The van der Waals surface area contributed by atoms with Crippen LogP contribution in [0.2, 0.25) is 0 Å². The molecule has 6 nitrogen and oxygen atoms in total. The first kappa shape index (κ1) is 21.7. The highest BCUT2D eigenvalue weighted by molar-refractivity contribution is 6.44. The van der Waals surface area contributed by atoms with Gasteiger partial charge in [-0.2, -0.15) is 0 Å². The highest BCUT2D eigenvalue weighted by atomic mass is 16.3. The smallest absolute Gasteiger partial charge is 0.167 e. The number of aromatic hydroxyl groups is 2. The predicted octanol–water partition coefficient (Wildman–Crippen LogP) is 2.20. The van der Waals surface area contributed by atoms with Crippen molar-refractivity contribution in [2.75, 3.05) is 0 Å². The van der Waals surface area contributed by atoms with E-state index in [0.717, 1.165) is 0 Å². The van der Waals surface area contributed by atoms with Crippen molar-refractivity contribution in [3.63, 3.8) is 0 Å². The Bertz CT molecular complexity index is 1250. The number of hydrogen-bond acceptors (Lipinski definition) is 6. The van der Waals surface area contributed by atoms with Gasteiger partial charge in [-0.15, -0.1) is 0 Å². The number of phenolic OH excluding ortho intramolecular Hbond substituents is 2. The van der Waals surface area contributed by atoms with E-state index in [1.807, 2.05) is 0 Å². The second-order valence-corrected chi connectivity index (χ2v) is 8.88. The third-order valence-corrected chi connectivity index (χ3v) is 6.11. The van der Waals surface area contributed by atoms with Gasteiger partial charge in [0.05, 0.1) is 11.1 Å². The van der Waals surface area contributed by atoms with Crippen LogP contribution in [-0.2, 0) is 19.2 Å². The number of ketones is 4. The molecular weight excluding hydrogens is 408 g/mol. The Morgan fingerprint density at radius 1 is 0.688 bits per heavy atom. The average Bonchev–Trinajstić information content (AvgIpc) is 2.71. The lowest BCUT2D eigenvalue weighted by molar-refractivity contribution is -0.124. The lowest BCUT2D eigenvalue weighted by atomic mass is 9.80. The molecule has 0 amide bonds. The van der Waals surface area contributed by atoms with Crippen LogP contribution < -0.4 is 10.4 Å². The van der Waals surface area contributed by atoms with E-state index >= 15 is 0 Å². The van der Waals surface area contributed by atoms with Crippen LogP contribution >= 0.6 is 0 Å². The number of carbonyl (C=O) groups is 4. The molecule has 2 aromatic carbocycles. The van der Waals surface area contributed by atoms with Crippen molar-refractivity contribution in [3.05, 3.63) is 46.8 Å². The fraction of sp³-hybridized carbons (Fsp3) is 0.308. The summed E-state index contributed by atoms with van der Waals surface area (Å²) in [5.41, 5.74) is 0.253. The van der Waals surface area contributed by atoms with Gasteiger partial charge in [0.1, 0.15) is 11.5 Å². The number of hydrogen-bond donors (Lipinski definition) is 2. The van der Waals surface area contributed by atoms with Crippen molar-refractivity contribution in [3.8, 4) is 22.6 Å². The third kappa shape index (κ3) is 3.66. The molecule has 4 rings (SSSR count). The second-order valence-electron chi connectivity index (χ2n) is 8.88. The Morgan fingerprint density at radius 2 is 1.12 bits per heavy atom. The first-order valence-corrected chi connectivity index (χ1v) is 10.7. The Kier molecular flexibility index (Phi) is 5.55. The zero-order valence-corrected chi connectivity index (χ0v) is 18.0. The van der Waals surface area contributed by atoms with E-state index in [2.05, 4.69) is 0 Å². The number of phenols is 2. The molecule has 0 radical (unpaired) electrons. The summed E-state index contributed by atoms with van der Waals surface area (Å²) in [4.78, 5) is 51.6. The molecule has 0 aliphatic heterocycles. The molecule has 2 aromatic rings. The van der Waals surface area contributed by atoms with Crippen molar-refractivity contribution in [2.45, 2.75) is 39.5 Å². The molecule has 32 heavy (non-hydrogen) atoms. The number of rotatable bonds is 1. The van der Waals surface area contributed by atoms with Crippen LogP contribution in [0.25, 0.3) is 22.3 Å². The third-order valence-electron chi connectivity index (χ3n) is 6.11. The van der Waals surface area contributed by atoms with Crippen LogP contribution in [0.5, 0.6) is 11.5 Å². The minimum absolute atomic E-state index is 0.102. The van der Waals surface area contributed by atoms with E-state index in [9.17, 15) is 29.4 Å². The molecule has 2 fully saturated rings. The summed E-state index contributed by atoms with van der Waals surface area (Å²) in [7, 11) is 0. The summed E-state index contributed by atoms with van der Waals surface area (Å²) in [6.45, 7) is 3.57. The first-order valence-electron chi connectivity index (χ1n) is 10.7. The van der Waals surface area contributed by atoms with Crippen molar-refractivity contribution >= 4 is 34.3 Å². The fourth-order valence-corrected chi connectivity index (χ4v) is 4.68. The van der Waals surface area contributed by atoms with E-state index in [1.54, 1.807) is 44.2 Å². The van der Waals surface area contributed by atoms with Gasteiger partial charge in [-0.05, 0) is 23.5 Å². The van der Waals surface area contributed by atoms with Gasteiger partial charge in [0, 0.05) is 41.7 Å². The Labute approximate surface area is 184 Å². The molecule has 0 atom stereocenters. The van der Waals surface area contributed by atoms with Crippen molar-refractivity contribution in [1.29, 1.82) is 0 Å². The lowest BCUT2D eigenvalue weighted by Crippen LogP contribution is -2.41. The van der Waals surface area contributed by atoms with E-state index in [0.29, 0.717) is 5.56 Å². The van der Waals surface area contributed by atoms with Crippen LogP contribution in [0.15, 0.2) is 36.4 Å². The van der Waals surface area contributed by atoms with Crippen molar-refractivity contribution < 1.29 is 29.4 Å². The molecule has 6 heteroatoms. The molecule has 0 unspecified atom stereocenters. The van der Waals surface area contributed by atoms with Crippen LogP contribution in [-0.4, -0.2) is 33.3 Å². The molecule has 2 N–H and O–H groups in total. The maximum absolute atomic E-state index is 12.9. The largest absolute Gasteiger partial charge is 0.507 e. The maximum Gasteiger partial charge on any atom is 0.167 e. The minimum atomic E-state index is -0.473. The summed E-state index contributed by atoms with van der Waals surface area (Å²) in [6, 6.07) is 9.97. The van der Waals surface area contributed by atoms with Crippen LogP contribution in [0, 0.1) is 11.8 Å². The van der Waals surface area contributed by atoms with Gasteiger partial charge in [0.2, 0.25) is 0 Å². The highest BCUT2D eigenvalue weighted by Crippen LogP contribution is 2.31. The molecule has 0 bridgehead atoms. The second kappa shape index (κ2) is 8.19. The lowest BCUT2D eigenvalue weighted by Gasteiger charge is -2.21. The van der Waals surface area contributed by atoms with E-state index < -0.39 is 34.6 Å². The van der Waals surface area contributed by atoms with Crippen molar-refractivity contribution in [2.24, 2.45) is 11.8 Å². The zero-order valence-electron chi connectivity index (χ0n) is 18.0. The quantitative estimate of drug-likeness (QED) is 0.669. The summed E-state index contributed by atoms with van der Waals surface area (Å²) in [5.74, 6) is -3.01. The van der Waals surface area contributed by atoms with Gasteiger partial charge in [-0.1, -0.05) is 44.2 Å². The van der Waals surface area contributed by atoms with Gasteiger partial charge in [0.15, 0.2) is 23.1 Å². The van der Waals surface area contributed by atoms with Gasteiger partial charge in [0.25, 0.3) is 0 Å². The Hall–Kier alpha value is -3.54. The molecule has 0 aromatic heterocycles. The molecule has 0 spiro atoms. The van der Waals surface area contributed by atoms with Crippen LogP contribution in [0.4, 0.5) is 0 Å². The summed E-state index contributed by atoms with van der Waals surface area (Å²) < 4.78 is 0. The molecular formula is C26H24O6. The minimum Gasteiger partial charge on any atom is -0.507 e. The van der Waals surface area contributed by atoms with Gasteiger partial charge < -0.3 is 10.2 Å². The van der Waals surface area contributed by atoms with E-state index in [1.165, 1.54) is 6.07 Å². The zero-order chi connectivity index (χ0) is 23.2. The molecule has 2 saturated carbocycles. The molecule has 2 aliphatic carbocycles. The molecule has 0 heterocycles. The van der Waals surface area contributed by atoms with Crippen LogP contribution in [0.1, 0.15) is 39.5 Å². The average molecular weight is 432 g/mol. The van der Waals surface area contributed by atoms with Gasteiger partial charge in [-0.25, -0.2) is 0 Å². The number of Topliss-reactive ketones (excluding diaryl/α,β-unsaturated/α-hetero) is 4. The molecule has 2 aliphatic rings. The standard InChI is InChI=1S/C26H24O6/c1-13-8-17(27)22(18(28)9-13)24-21(31)12-16(15-6-4-3-5-7-15)26(32)25(24)23-19(29)10-14(2)11-20(23)30/h3-7,12-14,31-32H,8-11H2,1-2H3. The Balaban J connectivity index is 2.22. The topological polar surface area (TPSA) is 109 Å². The van der Waals surface area contributed by atoms with E-state index in [4.69, 9.17) is 0 Å². The van der Waals surface area contributed by atoms with Gasteiger partial charge >= 0.3 is 0 Å². The number of carbonyl (C=O) groups excluding carboxylic acids is 4. The molecule has 164 valence electrons. The SMILES string of the molecule is CC1CC(=O)C(=c2c(O)cc(-c3ccccc3)c(O)c2=C2C(=O)CC(C)CC2=O)C(=O)C1. The fourth-order valence-electron chi connectivity index (χ4n) is 4.68.